The molecule has 0 aromatic heterocycles. The predicted molar refractivity (Wildman–Crippen MR) is 61.9 cm³/mol. The minimum atomic E-state index is -0.258. The second-order valence-electron chi connectivity index (χ2n) is 4.99. The van der Waals surface area contributed by atoms with E-state index in [4.69, 9.17) is 0 Å². The zero-order valence-electron chi connectivity index (χ0n) is 10.5. The summed E-state index contributed by atoms with van der Waals surface area (Å²) in [5, 5.41) is 0. The van der Waals surface area contributed by atoms with E-state index in [0.717, 1.165) is 12.8 Å². The van der Waals surface area contributed by atoms with Gasteiger partial charge in [0.25, 0.3) is 0 Å². The Morgan fingerprint density at radius 3 is 2.25 bits per heavy atom. The highest BCUT2D eigenvalue weighted by atomic mass is 16.5. The fraction of sp³-hybridized carbons (Fsp3) is 0.846. The molecule has 0 N–H and O–H groups in total. The van der Waals surface area contributed by atoms with Gasteiger partial charge in [0.05, 0.1) is 13.5 Å². The van der Waals surface area contributed by atoms with Crippen molar-refractivity contribution >= 4 is 11.8 Å². The molecule has 3 nitrogen and oxygen atoms in total. The minimum Gasteiger partial charge on any atom is -0.469 e. The lowest BCUT2D eigenvalue weighted by molar-refractivity contribution is -0.145. The van der Waals surface area contributed by atoms with Crippen LogP contribution in [0.1, 0.15) is 46.0 Å². The van der Waals surface area contributed by atoms with E-state index >= 15 is 0 Å². The Morgan fingerprint density at radius 1 is 1.25 bits per heavy atom. The number of esters is 1. The summed E-state index contributed by atoms with van der Waals surface area (Å²) in [6.45, 7) is 3.81. The molecule has 0 bridgehead atoms. The summed E-state index contributed by atoms with van der Waals surface area (Å²) in [4.78, 5) is 23.4. The Hall–Kier alpha value is -0.860. The molecule has 1 fully saturated rings. The first kappa shape index (κ1) is 13.2. The van der Waals surface area contributed by atoms with Crippen molar-refractivity contribution < 1.29 is 14.3 Å². The van der Waals surface area contributed by atoms with Gasteiger partial charge in [0.2, 0.25) is 0 Å². The van der Waals surface area contributed by atoms with Gasteiger partial charge < -0.3 is 4.74 Å². The van der Waals surface area contributed by atoms with Crippen molar-refractivity contribution in [2.45, 2.75) is 46.0 Å². The Balaban J connectivity index is 2.67. The molecule has 1 rings (SSSR count). The maximum Gasteiger partial charge on any atom is 0.306 e. The zero-order valence-corrected chi connectivity index (χ0v) is 10.5. The van der Waals surface area contributed by atoms with Gasteiger partial charge in [-0.25, -0.2) is 0 Å². The highest BCUT2D eigenvalue weighted by molar-refractivity contribution is 5.87. The molecular weight excluding hydrogens is 204 g/mol. The van der Waals surface area contributed by atoms with Gasteiger partial charge in [-0.2, -0.15) is 0 Å². The summed E-state index contributed by atoms with van der Waals surface area (Å²) in [6, 6.07) is 0. The average Bonchev–Trinajstić information content (AvgIpc) is 2.77. The Labute approximate surface area is 97.5 Å². The standard InChI is InChI=1S/C13H22O3/c1-9(2)13(15)11(8-12(14)16-3)10-6-4-5-7-10/h9-11H,4-8H2,1-3H3. The van der Waals surface area contributed by atoms with Gasteiger partial charge in [0.15, 0.2) is 0 Å². The number of rotatable bonds is 5. The monoisotopic (exact) mass is 226 g/mol. The zero-order chi connectivity index (χ0) is 12.1. The van der Waals surface area contributed by atoms with E-state index < -0.39 is 0 Å². The van der Waals surface area contributed by atoms with E-state index in [-0.39, 0.29) is 30.0 Å². The van der Waals surface area contributed by atoms with Crippen molar-refractivity contribution in [2.75, 3.05) is 7.11 Å². The summed E-state index contributed by atoms with van der Waals surface area (Å²) in [5.74, 6) is 0.252. The molecule has 0 aromatic carbocycles. The lowest BCUT2D eigenvalue weighted by Crippen LogP contribution is -2.28. The summed E-state index contributed by atoms with van der Waals surface area (Å²) in [6.07, 6.45) is 4.81. The highest BCUT2D eigenvalue weighted by Gasteiger charge is 2.33. The molecular formula is C13H22O3. The van der Waals surface area contributed by atoms with Crippen molar-refractivity contribution in [1.82, 2.24) is 0 Å². The van der Waals surface area contributed by atoms with Crippen molar-refractivity contribution in [3.63, 3.8) is 0 Å². The number of Topliss-reactive ketones (excluding diaryl/α,β-unsaturated/α-hetero) is 1. The Bertz CT molecular complexity index is 252. The van der Waals surface area contributed by atoms with E-state index in [1.165, 1.54) is 20.0 Å². The largest absolute Gasteiger partial charge is 0.469 e. The second-order valence-corrected chi connectivity index (χ2v) is 4.99. The third kappa shape index (κ3) is 3.32. The molecule has 0 amide bonds. The fourth-order valence-electron chi connectivity index (χ4n) is 2.55. The number of methoxy groups -OCH3 is 1. The number of carbonyl (C=O) groups excluding carboxylic acids is 2. The van der Waals surface area contributed by atoms with E-state index in [1.807, 2.05) is 13.8 Å². The van der Waals surface area contributed by atoms with E-state index in [2.05, 4.69) is 4.74 Å². The fourth-order valence-corrected chi connectivity index (χ4v) is 2.55. The summed E-state index contributed by atoms with van der Waals surface area (Å²) < 4.78 is 4.68. The molecule has 0 aromatic rings. The summed E-state index contributed by atoms with van der Waals surface area (Å²) >= 11 is 0. The van der Waals surface area contributed by atoms with Gasteiger partial charge in [0, 0.05) is 11.8 Å². The first-order valence-electron chi connectivity index (χ1n) is 6.16. The van der Waals surface area contributed by atoms with Crippen LogP contribution in [0.4, 0.5) is 0 Å². The van der Waals surface area contributed by atoms with Crippen LogP contribution in [0.15, 0.2) is 0 Å². The first-order valence-corrected chi connectivity index (χ1v) is 6.16. The molecule has 0 aliphatic heterocycles. The summed E-state index contributed by atoms with van der Waals surface area (Å²) in [7, 11) is 1.38. The molecule has 16 heavy (non-hydrogen) atoms. The number of ketones is 1. The van der Waals surface area contributed by atoms with Gasteiger partial charge in [-0.1, -0.05) is 26.7 Å². The van der Waals surface area contributed by atoms with E-state index in [9.17, 15) is 9.59 Å². The maximum atomic E-state index is 12.1. The van der Waals surface area contributed by atoms with Gasteiger partial charge >= 0.3 is 5.97 Å². The van der Waals surface area contributed by atoms with Crippen LogP contribution in [0.2, 0.25) is 0 Å². The third-order valence-electron chi connectivity index (χ3n) is 3.52. The quantitative estimate of drug-likeness (QED) is 0.677. The third-order valence-corrected chi connectivity index (χ3v) is 3.52. The van der Waals surface area contributed by atoms with Crippen LogP contribution >= 0.6 is 0 Å². The normalized spacial score (nSPS) is 18.8. The molecule has 1 saturated carbocycles. The van der Waals surface area contributed by atoms with Crippen molar-refractivity contribution in [3.05, 3.63) is 0 Å². The molecule has 1 aliphatic rings. The molecule has 0 spiro atoms. The molecule has 1 unspecified atom stereocenters. The van der Waals surface area contributed by atoms with Crippen LogP contribution in [0, 0.1) is 17.8 Å². The molecule has 1 aliphatic carbocycles. The molecule has 92 valence electrons. The van der Waals surface area contributed by atoms with Gasteiger partial charge in [0.1, 0.15) is 5.78 Å². The van der Waals surface area contributed by atoms with Gasteiger partial charge in [-0.15, -0.1) is 0 Å². The van der Waals surface area contributed by atoms with Crippen molar-refractivity contribution in [3.8, 4) is 0 Å². The van der Waals surface area contributed by atoms with E-state index in [1.54, 1.807) is 0 Å². The van der Waals surface area contributed by atoms with Crippen LogP contribution in [-0.2, 0) is 14.3 Å². The van der Waals surface area contributed by atoms with Crippen molar-refractivity contribution in [1.29, 1.82) is 0 Å². The van der Waals surface area contributed by atoms with Crippen LogP contribution in [-0.4, -0.2) is 18.9 Å². The van der Waals surface area contributed by atoms with Gasteiger partial charge in [-0.05, 0) is 18.8 Å². The van der Waals surface area contributed by atoms with E-state index in [0.29, 0.717) is 5.92 Å². The minimum absolute atomic E-state index is 0.00950. The molecule has 0 heterocycles. The van der Waals surface area contributed by atoms with Crippen LogP contribution < -0.4 is 0 Å². The van der Waals surface area contributed by atoms with Crippen LogP contribution in [0.25, 0.3) is 0 Å². The Kier molecular flexibility index (Phi) is 4.97. The number of hydrogen-bond donors (Lipinski definition) is 0. The topological polar surface area (TPSA) is 43.4 Å². The molecule has 1 atom stereocenters. The molecule has 0 saturated heterocycles. The SMILES string of the molecule is COC(=O)CC(C(=O)C(C)C)C1CCCC1. The Morgan fingerprint density at radius 2 is 1.81 bits per heavy atom. The number of hydrogen-bond acceptors (Lipinski definition) is 3. The summed E-state index contributed by atoms with van der Waals surface area (Å²) in [5.41, 5.74) is 0. The lowest BCUT2D eigenvalue weighted by atomic mass is 9.81. The average molecular weight is 226 g/mol. The molecule has 0 radical (unpaired) electrons. The number of carbonyl (C=O) groups is 2. The van der Waals surface area contributed by atoms with Crippen LogP contribution in [0.3, 0.4) is 0 Å². The van der Waals surface area contributed by atoms with Crippen molar-refractivity contribution in [2.24, 2.45) is 17.8 Å². The second kappa shape index (κ2) is 6.02. The molecule has 3 heteroatoms. The maximum absolute atomic E-state index is 12.1. The highest BCUT2D eigenvalue weighted by Crippen LogP contribution is 2.35. The van der Waals surface area contributed by atoms with Crippen LogP contribution in [0.5, 0.6) is 0 Å². The first-order chi connectivity index (χ1) is 7.56. The number of ether oxygens (including phenoxy) is 1. The lowest BCUT2D eigenvalue weighted by Gasteiger charge is -2.22. The predicted octanol–water partition coefficient (Wildman–Crippen LogP) is 2.58. The smallest absolute Gasteiger partial charge is 0.306 e. The van der Waals surface area contributed by atoms with Gasteiger partial charge in [-0.3, -0.25) is 9.59 Å².